The summed E-state index contributed by atoms with van der Waals surface area (Å²) in [6, 6.07) is 1.93. The molecule has 23 heavy (non-hydrogen) atoms. The molecular formula is C17H19N5O. The van der Waals surface area contributed by atoms with Crippen LogP contribution >= 0.6 is 0 Å². The van der Waals surface area contributed by atoms with Gasteiger partial charge in [0.25, 0.3) is 11.3 Å². The zero-order valence-electron chi connectivity index (χ0n) is 13.2. The Balaban J connectivity index is 1.75. The molecule has 0 unspecified atom stereocenters. The van der Waals surface area contributed by atoms with E-state index in [0.717, 1.165) is 18.5 Å². The molecule has 3 aromatic heterocycles. The van der Waals surface area contributed by atoms with Crippen LogP contribution in [-0.4, -0.2) is 24.1 Å². The van der Waals surface area contributed by atoms with Crippen molar-refractivity contribution in [3.8, 4) is 0 Å². The quantitative estimate of drug-likeness (QED) is 0.698. The van der Waals surface area contributed by atoms with Crippen molar-refractivity contribution in [2.75, 3.05) is 0 Å². The van der Waals surface area contributed by atoms with Crippen molar-refractivity contribution in [2.45, 2.75) is 45.6 Å². The van der Waals surface area contributed by atoms with E-state index in [4.69, 9.17) is 0 Å². The molecule has 6 heteroatoms. The number of aromatic nitrogens is 5. The number of fused-ring (bicyclic) bond motifs is 3. The molecule has 0 bridgehead atoms. The fourth-order valence-electron chi connectivity index (χ4n) is 3.34. The molecule has 6 nitrogen and oxygen atoms in total. The highest BCUT2D eigenvalue weighted by atomic mass is 16.1. The van der Waals surface area contributed by atoms with Crippen molar-refractivity contribution in [2.24, 2.45) is 0 Å². The van der Waals surface area contributed by atoms with Gasteiger partial charge < -0.3 is 4.57 Å². The molecular weight excluding hydrogens is 290 g/mol. The van der Waals surface area contributed by atoms with Gasteiger partial charge in [0.2, 0.25) is 0 Å². The molecule has 0 N–H and O–H groups in total. The molecule has 0 saturated heterocycles. The SMILES string of the molecule is Cc1nc2ncnn2c2ccn(CCC3=CCCCC3)c(=O)c12. The fourth-order valence-corrected chi connectivity index (χ4v) is 3.34. The van der Waals surface area contributed by atoms with Gasteiger partial charge >= 0.3 is 0 Å². The van der Waals surface area contributed by atoms with Crippen molar-refractivity contribution in [1.82, 2.24) is 24.1 Å². The van der Waals surface area contributed by atoms with E-state index in [0.29, 0.717) is 16.9 Å². The molecule has 0 fully saturated rings. The maximum absolute atomic E-state index is 12.8. The Morgan fingerprint density at radius 3 is 3.04 bits per heavy atom. The average Bonchev–Trinajstić information content (AvgIpc) is 3.03. The van der Waals surface area contributed by atoms with Crippen LogP contribution in [0.4, 0.5) is 0 Å². The number of allylic oxidation sites excluding steroid dienone is 2. The molecule has 1 aliphatic rings. The van der Waals surface area contributed by atoms with Gasteiger partial charge in [-0.2, -0.15) is 14.6 Å². The van der Waals surface area contributed by atoms with Crippen molar-refractivity contribution in [3.05, 3.63) is 46.3 Å². The number of rotatable bonds is 3. The topological polar surface area (TPSA) is 65.1 Å². The van der Waals surface area contributed by atoms with Gasteiger partial charge in [-0.3, -0.25) is 4.79 Å². The van der Waals surface area contributed by atoms with Crippen LogP contribution in [0.5, 0.6) is 0 Å². The maximum atomic E-state index is 12.8. The minimum Gasteiger partial charge on any atom is -0.315 e. The second-order valence-electron chi connectivity index (χ2n) is 6.10. The predicted molar refractivity (Wildman–Crippen MR) is 88.5 cm³/mol. The van der Waals surface area contributed by atoms with Gasteiger partial charge in [0, 0.05) is 12.7 Å². The van der Waals surface area contributed by atoms with Crippen LogP contribution in [0, 0.1) is 6.92 Å². The lowest BCUT2D eigenvalue weighted by atomic mass is 9.97. The van der Waals surface area contributed by atoms with E-state index in [1.54, 1.807) is 9.08 Å². The third-order valence-electron chi connectivity index (χ3n) is 4.59. The van der Waals surface area contributed by atoms with E-state index < -0.39 is 0 Å². The van der Waals surface area contributed by atoms with E-state index in [-0.39, 0.29) is 5.56 Å². The lowest BCUT2D eigenvalue weighted by Gasteiger charge is -2.14. The molecule has 0 aromatic carbocycles. The Morgan fingerprint density at radius 1 is 1.30 bits per heavy atom. The molecule has 4 rings (SSSR count). The van der Waals surface area contributed by atoms with E-state index in [2.05, 4.69) is 21.1 Å². The van der Waals surface area contributed by atoms with Gasteiger partial charge in [-0.15, -0.1) is 0 Å². The number of aryl methyl sites for hydroxylation is 2. The molecule has 1 aliphatic carbocycles. The van der Waals surface area contributed by atoms with Crippen LogP contribution in [0.2, 0.25) is 0 Å². The standard InChI is InChI=1S/C17H19N5O/c1-12-15-14(22-17(20-12)18-11-19-22)8-10-21(16(15)23)9-7-13-5-3-2-4-6-13/h5,8,10-11H,2-4,6-7,9H2,1H3. The van der Waals surface area contributed by atoms with Gasteiger partial charge in [0.15, 0.2) is 0 Å². The first-order valence-corrected chi connectivity index (χ1v) is 8.11. The van der Waals surface area contributed by atoms with Crippen LogP contribution in [0.25, 0.3) is 16.7 Å². The lowest BCUT2D eigenvalue weighted by Crippen LogP contribution is -2.22. The molecule has 0 spiro atoms. The highest BCUT2D eigenvalue weighted by Crippen LogP contribution is 2.20. The van der Waals surface area contributed by atoms with E-state index >= 15 is 0 Å². The summed E-state index contributed by atoms with van der Waals surface area (Å²) in [4.78, 5) is 21.3. The van der Waals surface area contributed by atoms with Crippen molar-refractivity contribution in [3.63, 3.8) is 0 Å². The first-order valence-electron chi connectivity index (χ1n) is 8.11. The Bertz CT molecular complexity index is 966. The summed E-state index contributed by atoms with van der Waals surface area (Å²) in [6.07, 6.45) is 11.5. The van der Waals surface area contributed by atoms with Gasteiger partial charge in [-0.05, 0) is 45.1 Å². The second-order valence-corrected chi connectivity index (χ2v) is 6.10. The van der Waals surface area contributed by atoms with Crippen LogP contribution in [0.3, 0.4) is 0 Å². The Hall–Kier alpha value is -2.50. The van der Waals surface area contributed by atoms with Crippen molar-refractivity contribution < 1.29 is 0 Å². The Morgan fingerprint density at radius 2 is 2.22 bits per heavy atom. The zero-order valence-corrected chi connectivity index (χ0v) is 13.2. The molecule has 0 radical (unpaired) electrons. The van der Waals surface area contributed by atoms with Crippen LogP contribution in [0.15, 0.2) is 35.0 Å². The lowest BCUT2D eigenvalue weighted by molar-refractivity contribution is 0.616. The highest BCUT2D eigenvalue weighted by Gasteiger charge is 2.12. The third kappa shape index (κ3) is 2.44. The van der Waals surface area contributed by atoms with E-state index in [1.165, 1.54) is 37.6 Å². The minimum atomic E-state index is 0.00121. The summed E-state index contributed by atoms with van der Waals surface area (Å²) < 4.78 is 3.41. The minimum absolute atomic E-state index is 0.00121. The van der Waals surface area contributed by atoms with Crippen LogP contribution < -0.4 is 5.56 Å². The number of hydrogen-bond donors (Lipinski definition) is 0. The van der Waals surface area contributed by atoms with Gasteiger partial charge in [-0.1, -0.05) is 11.6 Å². The molecule has 0 saturated carbocycles. The highest BCUT2D eigenvalue weighted by molar-refractivity contribution is 5.81. The number of hydrogen-bond acceptors (Lipinski definition) is 4. The van der Waals surface area contributed by atoms with Gasteiger partial charge in [0.05, 0.1) is 16.6 Å². The average molecular weight is 309 g/mol. The van der Waals surface area contributed by atoms with Crippen molar-refractivity contribution >= 4 is 16.7 Å². The number of nitrogens with zero attached hydrogens (tertiary/aromatic N) is 5. The molecule has 3 aromatic rings. The summed E-state index contributed by atoms with van der Waals surface area (Å²) in [6.45, 7) is 2.57. The fraction of sp³-hybridized carbons (Fsp3) is 0.412. The second kappa shape index (κ2) is 5.61. The monoisotopic (exact) mass is 309 g/mol. The largest absolute Gasteiger partial charge is 0.315 e. The van der Waals surface area contributed by atoms with Gasteiger partial charge in [0.1, 0.15) is 6.33 Å². The Labute approximate surface area is 133 Å². The van der Waals surface area contributed by atoms with Gasteiger partial charge in [-0.25, -0.2) is 4.98 Å². The number of pyridine rings is 1. The van der Waals surface area contributed by atoms with E-state index in [1.807, 2.05) is 19.2 Å². The van der Waals surface area contributed by atoms with Crippen LogP contribution in [0.1, 0.15) is 37.8 Å². The maximum Gasteiger partial charge on any atom is 0.261 e. The predicted octanol–water partition coefficient (Wildman–Crippen LogP) is 2.64. The Kier molecular flexibility index (Phi) is 3.44. The smallest absolute Gasteiger partial charge is 0.261 e. The zero-order chi connectivity index (χ0) is 15.8. The van der Waals surface area contributed by atoms with E-state index in [9.17, 15) is 4.79 Å². The normalized spacial score (nSPS) is 15.3. The molecule has 0 atom stereocenters. The summed E-state index contributed by atoms with van der Waals surface area (Å²) in [5.74, 6) is 0.527. The summed E-state index contributed by atoms with van der Waals surface area (Å²) in [7, 11) is 0. The summed E-state index contributed by atoms with van der Waals surface area (Å²) >= 11 is 0. The summed E-state index contributed by atoms with van der Waals surface area (Å²) in [5.41, 5.74) is 2.95. The first-order chi connectivity index (χ1) is 11.2. The third-order valence-corrected chi connectivity index (χ3v) is 4.59. The summed E-state index contributed by atoms with van der Waals surface area (Å²) in [5, 5.41) is 4.79. The molecule has 3 heterocycles. The first kappa shape index (κ1) is 14.1. The molecule has 0 aliphatic heterocycles. The molecule has 0 amide bonds. The van der Waals surface area contributed by atoms with Crippen molar-refractivity contribution in [1.29, 1.82) is 0 Å². The molecule has 118 valence electrons. The van der Waals surface area contributed by atoms with Crippen LogP contribution in [-0.2, 0) is 6.54 Å².